The molecule has 2 aromatic rings. The summed E-state index contributed by atoms with van der Waals surface area (Å²) in [5.41, 5.74) is 0. The minimum absolute atomic E-state index is 0.308. The first-order valence-corrected chi connectivity index (χ1v) is 7.75. The summed E-state index contributed by atoms with van der Waals surface area (Å²) in [4.78, 5) is 27.7. The molecule has 0 unspecified atom stereocenters. The lowest BCUT2D eigenvalue weighted by Gasteiger charge is -2.14. The number of nitrogens with zero attached hydrogens (tertiary/aromatic N) is 1. The van der Waals surface area contributed by atoms with Crippen molar-refractivity contribution in [2.45, 2.75) is 13.0 Å². The van der Waals surface area contributed by atoms with E-state index < -0.39 is 18.0 Å². The zero-order chi connectivity index (χ0) is 18.2. The largest absolute Gasteiger partial charge is 0.493 e. The van der Waals surface area contributed by atoms with Gasteiger partial charge in [-0.15, -0.1) is 0 Å². The van der Waals surface area contributed by atoms with Crippen molar-refractivity contribution in [1.29, 1.82) is 0 Å². The molecule has 0 fully saturated rings. The number of hydrogen-bond acceptors (Lipinski definition) is 6. The Labute approximate surface area is 149 Å². The fraction of sp³-hybridized carbons (Fsp3) is 0.235. The summed E-state index contributed by atoms with van der Waals surface area (Å²) in [7, 11) is 1.50. The SMILES string of the molecule is COc1ccccc1OCC(=O)O[C@@H](C)C(=O)Nc1ccc(Cl)cn1. The number of pyridine rings is 1. The van der Waals surface area contributed by atoms with Gasteiger partial charge in [0.1, 0.15) is 5.82 Å². The molecule has 8 heteroatoms. The van der Waals surface area contributed by atoms with Gasteiger partial charge in [0.05, 0.1) is 12.1 Å². The number of aromatic nitrogens is 1. The monoisotopic (exact) mass is 364 g/mol. The molecule has 2 rings (SSSR count). The Morgan fingerprint density at radius 1 is 1.20 bits per heavy atom. The third-order valence-electron chi connectivity index (χ3n) is 3.07. The number of anilines is 1. The average Bonchev–Trinajstić information content (AvgIpc) is 2.62. The molecule has 0 saturated carbocycles. The molecule has 0 radical (unpaired) electrons. The Hall–Kier alpha value is -2.80. The van der Waals surface area contributed by atoms with E-state index >= 15 is 0 Å². The van der Waals surface area contributed by atoms with Crippen molar-refractivity contribution in [2.75, 3.05) is 19.0 Å². The van der Waals surface area contributed by atoms with E-state index in [1.54, 1.807) is 36.4 Å². The third-order valence-corrected chi connectivity index (χ3v) is 3.29. The molecule has 0 saturated heterocycles. The van der Waals surface area contributed by atoms with E-state index in [1.165, 1.54) is 20.2 Å². The molecule has 0 aliphatic carbocycles. The van der Waals surface area contributed by atoms with Crippen molar-refractivity contribution in [3.05, 3.63) is 47.6 Å². The number of nitrogens with one attached hydrogen (secondary N) is 1. The first kappa shape index (κ1) is 18.5. The molecule has 0 bridgehead atoms. The number of rotatable bonds is 7. The van der Waals surface area contributed by atoms with Crippen LogP contribution in [0, 0.1) is 0 Å². The summed E-state index contributed by atoms with van der Waals surface area (Å²) in [6.07, 6.45) is 0.390. The Bertz CT molecular complexity index is 736. The van der Waals surface area contributed by atoms with Gasteiger partial charge in [0.25, 0.3) is 5.91 Å². The van der Waals surface area contributed by atoms with Gasteiger partial charge in [-0.2, -0.15) is 0 Å². The van der Waals surface area contributed by atoms with Gasteiger partial charge >= 0.3 is 5.97 Å². The van der Waals surface area contributed by atoms with Gasteiger partial charge in [-0.25, -0.2) is 9.78 Å². The number of methoxy groups -OCH3 is 1. The van der Waals surface area contributed by atoms with Gasteiger partial charge in [-0.1, -0.05) is 23.7 Å². The highest BCUT2D eigenvalue weighted by Crippen LogP contribution is 2.25. The van der Waals surface area contributed by atoms with Crippen molar-refractivity contribution in [3.63, 3.8) is 0 Å². The maximum atomic E-state index is 12.0. The molecular formula is C17H17ClN2O5. The third kappa shape index (κ3) is 5.65. The Kier molecular flexibility index (Phi) is 6.59. The van der Waals surface area contributed by atoms with Gasteiger partial charge in [-0.3, -0.25) is 4.79 Å². The molecule has 0 spiro atoms. The molecule has 1 amide bonds. The maximum Gasteiger partial charge on any atom is 0.344 e. The Morgan fingerprint density at radius 3 is 2.56 bits per heavy atom. The molecule has 1 heterocycles. The number of amides is 1. The number of ether oxygens (including phenoxy) is 3. The van der Waals surface area contributed by atoms with Crippen molar-refractivity contribution in [1.82, 2.24) is 4.98 Å². The van der Waals surface area contributed by atoms with Gasteiger partial charge < -0.3 is 19.5 Å². The summed E-state index contributed by atoms with van der Waals surface area (Å²) in [5.74, 6) is 0.0139. The fourth-order valence-electron chi connectivity index (χ4n) is 1.84. The predicted octanol–water partition coefficient (Wildman–Crippen LogP) is 2.69. The predicted molar refractivity (Wildman–Crippen MR) is 91.9 cm³/mol. The van der Waals surface area contributed by atoms with Crippen molar-refractivity contribution in [3.8, 4) is 11.5 Å². The molecule has 0 aliphatic rings. The minimum Gasteiger partial charge on any atom is -0.493 e. The van der Waals surface area contributed by atoms with E-state index in [9.17, 15) is 9.59 Å². The summed E-state index contributed by atoms with van der Waals surface area (Å²) in [5, 5.41) is 2.97. The first-order valence-electron chi connectivity index (χ1n) is 7.37. The summed E-state index contributed by atoms with van der Waals surface area (Å²) < 4.78 is 15.5. The van der Waals surface area contributed by atoms with Crippen molar-refractivity contribution < 1.29 is 23.8 Å². The van der Waals surface area contributed by atoms with E-state index in [2.05, 4.69) is 10.3 Å². The van der Waals surface area contributed by atoms with Crippen LogP contribution >= 0.6 is 11.6 Å². The van der Waals surface area contributed by atoms with Crippen molar-refractivity contribution in [2.24, 2.45) is 0 Å². The van der Waals surface area contributed by atoms with Crippen LogP contribution in [0.15, 0.2) is 42.6 Å². The molecule has 7 nitrogen and oxygen atoms in total. The lowest BCUT2D eigenvalue weighted by atomic mass is 10.3. The smallest absolute Gasteiger partial charge is 0.344 e. The average molecular weight is 365 g/mol. The van der Waals surface area contributed by atoms with E-state index in [-0.39, 0.29) is 6.61 Å². The van der Waals surface area contributed by atoms with Crippen LogP contribution in [0.25, 0.3) is 0 Å². The Balaban J connectivity index is 1.82. The highest BCUT2D eigenvalue weighted by Gasteiger charge is 2.19. The van der Waals surface area contributed by atoms with Crippen LogP contribution in [0.4, 0.5) is 5.82 Å². The highest BCUT2D eigenvalue weighted by molar-refractivity contribution is 6.30. The summed E-state index contributed by atoms with van der Waals surface area (Å²) >= 11 is 5.72. The second-order valence-electron chi connectivity index (χ2n) is 4.92. The number of hydrogen-bond donors (Lipinski definition) is 1. The number of halogens is 1. The molecule has 1 aromatic carbocycles. The van der Waals surface area contributed by atoms with Gasteiger partial charge in [0, 0.05) is 6.20 Å². The molecular weight excluding hydrogens is 348 g/mol. The van der Waals surface area contributed by atoms with Crippen LogP contribution in [-0.4, -0.2) is 36.7 Å². The number of benzene rings is 1. The molecule has 0 aliphatic heterocycles. The van der Waals surface area contributed by atoms with Crippen LogP contribution in [-0.2, 0) is 14.3 Å². The standard InChI is InChI=1S/C17H17ClN2O5/c1-11(17(22)20-15-8-7-12(18)9-19-15)25-16(21)10-24-14-6-4-3-5-13(14)23-2/h3-9,11H,10H2,1-2H3,(H,19,20,22)/t11-/m0/s1. The molecule has 1 atom stereocenters. The summed E-state index contributed by atoms with van der Waals surface area (Å²) in [6.45, 7) is 1.10. The number of para-hydroxylation sites is 2. The van der Waals surface area contributed by atoms with Gasteiger partial charge in [-0.05, 0) is 31.2 Å². The zero-order valence-corrected chi connectivity index (χ0v) is 14.4. The first-order chi connectivity index (χ1) is 12.0. The zero-order valence-electron chi connectivity index (χ0n) is 13.7. The second kappa shape index (κ2) is 8.89. The van der Waals surface area contributed by atoms with Crippen LogP contribution in [0.1, 0.15) is 6.92 Å². The highest BCUT2D eigenvalue weighted by atomic mass is 35.5. The van der Waals surface area contributed by atoms with Crippen LogP contribution in [0.5, 0.6) is 11.5 Å². The molecule has 1 aromatic heterocycles. The van der Waals surface area contributed by atoms with Gasteiger partial charge in [0.2, 0.25) is 0 Å². The topological polar surface area (TPSA) is 86.8 Å². The van der Waals surface area contributed by atoms with Crippen LogP contribution in [0.3, 0.4) is 0 Å². The normalized spacial score (nSPS) is 11.3. The van der Waals surface area contributed by atoms with E-state index in [0.717, 1.165) is 0 Å². The van der Waals surface area contributed by atoms with Gasteiger partial charge in [0.15, 0.2) is 24.2 Å². The van der Waals surface area contributed by atoms with Crippen LogP contribution in [0.2, 0.25) is 5.02 Å². The van der Waals surface area contributed by atoms with E-state index in [1.807, 2.05) is 0 Å². The molecule has 25 heavy (non-hydrogen) atoms. The summed E-state index contributed by atoms with van der Waals surface area (Å²) in [6, 6.07) is 10.0. The quantitative estimate of drug-likeness (QED) is 0.760. The maximum absolute atomic E-state index is 12.0. The van der Waals surface area contributed by atoms with Crippen LogP contribution < -0.4 is 14.8 Å². The van der Waals surface area contributed by atoms with E-state index in [4.69, 9.17) is 25.8 Å². The molecule has 1 N–H and O–H groups in total. The lowest BCUT2D eigenvalue weighted by Crippen LogP contribution is -2.31. The van der Waals surface area contributed by atoms with E-state index in [0.29, 0.717) is 22.3 Å². The fourth-order valence-corrected chi connectivity index (χ4v) is 1.95. The Morgan fingerprint density at radius 2 is 1.92 bits per heavy atom. The second-order valence-corrected chi connectivity index (χ2v) is 5.36. The number of esters is 1. The number of carbonyl (C=O) groups is 2. The minimum atomic E-state index is -1.01. The van der Waals surface area contributed by atoms with Crippen molar-refractivity contribution >= 4 is 29.3 Å². The lowest BCUT2D eigenvalue weighted by molar-refractivity contribution is -0.155. The number of carbonyl (C=O) groups excluding carboxylic acids is 2. The molecule has 132 valence electrons.